The first-order valence-electron chi connectivity index (χ1n) is 5.68. The summed E-state index contributed by atoms with van der Waals surface area (Å²) in [6.45, 7) is 0.0887. The highest BCUT2D eigenvalue weighted by Gasteiger charge is 2.09. The molecule has 0 atom stereocenters. The van der Waals surface area contributed by atoms with Crippen LogP contribution in [-0.2, 0) is 11.3 Å². The summed E-state index contributed by atoms with van der Waals surface area (Å²) in [5.41, 5.74) is 0.314. The highest BCUT2D eigenvalue weighted by molar-refractivity contribution is 5.87. The first-order valence-corrected chi connectivity index (χ1v) is 5.68. The molecule has 0 aliphatic carbocycles. The average Bonchev–Trinajstić information content (AvgIpc) is 2.46. The minimum absolute atomic E-state index is 0.0390. The van der Waals surface area contributed by atoms with Crippen molar-refractivity contribution in [3.63, 3.8) is 0 Å². The zero-order valence-electron chi connectivity index (χ0n) is 10.6. The number of anilines is 1. The normalized spacial score (nSPS) is 10.2. The third kappa shape index (κ3) is 3.25. The predicted molar refractivity (Wildman–Crippen MR) is 67.1 cm³/mol. The van der Waals surface area contributed by atoms with Crippen molar-refractivity contribution in [3.05, 3.63) is 53.5 Å². The Morgan fingerprint density at radius 3 is 2.85 bits per heavy atom. The number of esters is 1. The number of halogens is 2. The van der Waals surface area contributed by atoms with E-state index in [1.807, 2.05) is 0 Å². The van der Waals surface area contributed by atoms with Crippen molar-refractivity contribution in [2.24, 2.45) is 0 Å². The summed E-state index contributed by atoms with van der Waals surface area (Å²) >= 11 is 0. The summed E-state index contributed by atoms with van der Waals surface area (Å²) in [6.07, 6.45) is 2.64. The van der Waals surface area contributed by atoms with Crippen molar-refractivity contribution < 1.29 is 18.3 Å². The molecule has 1 N–H and O–H groups in total. The Labute approximate surface area is 113 Å². The van der Waals surface area contributed by atoms with Gasteiger partial charge in [-0.15, -0.1) is 0 Å². The minimum Gasteiger partial charge on any atom is -0.464 e. The van der Waals surface area contributed by atoms with Gasteiger partial charge in [0.05, 0.1) is 19.5 Å². The lowest BCUT2D eigenvalue weighted by molar-refractivity contribution is 0.0593. The third-order valence-electron chi connectivity index (χ3n) is 2.50. The van der Waals surface area contributed by atoms with Crippen LogP contribution in [0.1, 0.15) is 16.1 Å². The molecule has 2 aromatic rings. The summed E-state index contributed by atoms with van der Waals surface area (Å²) in [5, 5.41) is 2.80. The first-order chi connectivity index (χ1) is 9.60. The van der Waals surface area contributed by atoms with Gasteiger partial charge in [0, 0.05) is 18.2 Å². The molecule has 0 fully saturated rings. The van der Waals surface area contributed by atoms with Crippen LogP contribution in [0.4, 0.5) is 14.6 Å². The van der Waals surface area contributed by atoms with Crippen LogP contribution in [-0.4, -0.2) is 23.0 Å². The van der Waals surface area contributed by atoms with Crippen LogP contribution in [0.5, 0.6) is 0 Å². The molecule has 7 heteroatoms. The Morgan fingerprint density at radius 2 is 2.15 bits per heavy atom. The Morgan fingerprint density at radius 1 is 1.35 bits per heavy atom. The smallest absolute Gasteiger partial charge is 0.358 e. The summed E-state index contributed by atoms with van der Waals surface area (Å²) in [5.74, 6) is -1.63. The van der Waals surface area contributed by atoms with Gasteiger partial charge >= 0.3 is 5.97 Å². The van der Waals surface area contributed by atoms with Gasteiger partial charge in [0.1, 0.15) is 17.5 Å². The van der Waals surface area contributed by atoms with Crippen molar-refractivity contribution in [1.29, 1.82) is 0 Å². The number of ether oxygens (including phenoxy) is 1. The molecule has 0 aliphatic heterocycles. The molecular weight excluding hydrogens is 268 g/mol. The molecule has 0 amide bonds. The molecule has 1 heterocycles. The van der Waals surface area contributed by atoms with Crippen LogP contribution >= 0.6 is 0 Å². The summed E-state index contributed by atoms with van der Waals surface area (Å²) < 4.78 is 30.7. The number of methoxy groups -OCH3 is 1. The summed E-state index contributed by atoms with van der Waals surface area (Å²) in [7, 11) is 1.23. The van der Waals surface area contributed by atoms with Crippen LogP contribution in [0.3, 0.4) is 0 Å². The van der Waals surface area contributed by atoms with Crippen LogP contribution in [0.15, 0.2) is 30.6 Å². The van der Waals surface area contributed by atoms with E-state index >= 15 is 0 Å². The van der Waals surface area contributed by atoms with Crippen LogP contribution in [0.2, 0.25) is 0 Å². The summed E-state index contributed by atoms with van der Waals surface area (Å²) in [4.78, 5) is 19.1. The fraction of sp³-hybridized carbons (Fsp3) is 0.154. The number of hydrogen-bond donors (Lipinski definition) is 1. The number of carbonyl (C=O) groups is 1. The average molecular weight is 279 g/mol. The lowest BCUT2D eigenvalue weighted by atomic mass is 10.2. The standard InChI is InChI=1S/C13H11F2N3O2/c1-20-13(19)11-6-16-7-12(18-11)17-5-8-2-3-9(14)4-10(8)15/h2-4,6-7H,5H2,1H3,(H,17,18). The molecule has 1 aromatic heterocycles. The maximum Gasteiger partial charge on any atom is 0.358 e. The van der Waals surface area contributed by atoms with Gasteiger partial charge in [-0.2, -0.15) is 0 Å². The second-order valence-corrected chi connectivity index (χ2v) is 3.87. The second-order valence-electron chi connectivity index (χ2n) is 3.87. The van der Waals surface area contributed by atoms with E-state index in [2.05, 4.69) is 20.0 Å². The molecule has 0 aliphatic rings. The van der Waals surface area contributed by atoms with E-state index in [1.165, 1.54) is 25.6 Å². The Balaban J connectivity index is 2.09. The molecule has 0 saturated carbocycles. The molecular formula is C13H11F2N3O2. The van der Waals surface area contributed by atoms with Gasteiger partial charge in [-0.3, -0.25) is 4.98 Å². The molecule has 2 rings (SSSR count). The number of aromatic nitrogens is 2. The predicted octanol–water partition coefficient (Wildman–Crippen LogP) is 2.15. The lowest BCUT2D eigenvalue weighted by Crippen LogP contribution is -2.09. The maximum atomic E-state index is 13.4. The van der Waals surface area contributed by atoms with E-state index in [9.17, 15) is 13.6 Å². The maximum absolute atomic E-state index is 13.4. The van der Waals surface area contributed by atoms with Crippen LogP contribution in [0.25, 0.3) is 0 Å². The van der Waals surface area contributed by atoms with Gasteiger partial charge in [-0.25, -0.2) is 18.6 Å². The Kier molecular flexibility index (Phi) is 4.19. The second kappa shape index (κ2) is 6.05. The van der Waals surface area contributed by atoms with Crippen molar-refractivity contribution >= 4 is 11.8 Å². The number of carbonyl (C=O) groups excluding carboxylic acids is 1. The van der Waals surface area contributed by atoms with Crippen LogP contribution < -0.4 is 5.32 Å². The van der Waals surface area contributed by atoms with Gasteiger partial charge in [-0.1, -0.05) is 6.07 Å². The fourth-order valence-corrected chi connectivity index (χ4v) is 1.50. The van der Waals surface area contributed by atoms with Crippen molar-refractivity contribution in [3.8, 4) is 0 Å². The zero-order valence-corrected chi connectivity index (χ0v) is 10.6. The van der Waals surface area contributed by atoms with Gasteiger partial charge in [0.15, 0.2) is 5.69 Å². The highest BCUT2D eigenvalue weighted by atomic mass is 19.1. The zero-order chi connectivity index (χ0) is 14.5. The monoisotopic (exact) mass is 279 g/mol. The lowest BCUT2D eigenvalue weighted by Gasteiger charge is -2.07. The molecule has 0 unspecified atom stereocenters. The molecule has 104 valence electrons. The molecule has 0 radical (unpaired) electrons. The topological polar surface area (TPSA) is 64.1 Å². The van der Waals surface area contributed by atoms with E-state index in [4.69, 9.17) is 0 Å². The number of nitrogens with zero attached hydrogens (tertiary/aromatic N) is 2. The minimum atomic E-state index is -0.658. The fourth-order valence-electron chi connectivity index (χ4n) is 1.50. The molecule has 0 saturated heterocycles. The van der Waals surface area contributed by atoms with Crippen molar-refractivity contribution in [2.45, 2.75) is 6.54 Å². The van der Waals surface area contributed by atoms with Gasteiger partial charge in [-0.05, 0) is 6.07 Å². The van der Waals surface area contributed by atoms with E-state index in [1.54, 1.807) is 0 Å². The van der Waals surface area contributed by atoms with E-state index in [-0.39, 0.29) is 23.6 Å². The first kappa shape index (κ1) is 13.9. The highest BCUT2D eigenvalue weighted by Crippen LogP contribution is 2.12. The number of hydrogen-bond acceptors (Lipinski definition) is 5. The quantitative estimate of drug-likeness (QED) is 0.869. The van der Waals surface area contributed by atoms with Crippen molar-refractivity contribution in [1.82, 2.24) is 9.97 Å². The SMILES string of the molecule is COC(=O)c1cncc(NCc2ccc(F)cc2F)n1. The molecule has 1 aromatic carbocycles. The van der Waals surface area contributed by atoms with E-state index in [0.717, 1.165) is 12.1 Å². The van der Waals surface area contributed by atoms with Gasteiger partial charge in [0.2, 0.25) is 0 Å². The summed E-state index contributed by atoms with van der Waals surface area (Å²) in [6, 6.07) is 3.29. The Hall–Kier alpha value is -2.57. The number of nitrogens with one attached hydrogen (secondary N) is 1. The van der Waals surface area contributed by atoms with E-state index < -0.39 is 17.6 Å². The van der Waals surface area contributed by atoms with Gasteiger partial charge < -0.3 is 10.1 Å². The Bertz CT molecular complexity index is 635. The molecule has 0 bridgehead atoms. The van der Waals surface area contributed by atoms with Crippen molar-refractivity contribution in [2.75, 3.05) is 12.4 Å². The van der Waals surface area contributed by atoms with Gasteiger partial charge in [0.25, 0.3) is 0 Å². The largest absolute Gasteiger partial charge is 0.464 e. The molecule has 0 spiro atoms. The van der Waals surface area contributed by atoms with Crippen LogP contribution in [0, 0.1) is 11.6 Å². The number of rotatable bonds is 4. The third-order valence-corrected chi connectivity index (χ3v) is 2.50. The molecule has 5 nitrogen and oxygen atoms in total. The van der Waals surface area contributed by atoms with E-state index in [0.29, 0.717) is 0 Å². The number of benzene rings is 1. The molecule has 20 heavy (non-hydrogen) atoms.